The Morgan fingerprint density at radius 3 is 2.39 bits per heavy atom. The van der Waals surface area contributed by atoms with E-state index in [2.05, 4.69) is 27.7 Å². The summed E-state index contributed by atoms with van der Waals surface area (Å²) in [4.78, 5) is 27.3. The van der Waals surface area contributed by atoms with Gasteiger partial charge in [0.1, 0.15) is 6.54 Å². The molecule has 0 aliphatic heterocycles. The van der Waals surface area contributed by atoms with Gasteiger partial charge in [0, 0.05) is 38.9 Å². The van der Waals surface area contributed by atoms with Gasteiger partial charge in [-0.15, -0.1) is 0 Å². The van der Waals surface area contributed by atoms with E-state index in [0.717, 1.165) is 18.7 Å². The summed E-state index contributed by atoms with van der Waals surface area (Å²) in [5.74, 6) is -0.131. The molecule has 0 fully saturated rings. The molecular weight excluding hydrogens is 292 g/mol. The van der Waals surface area contributed by atoms with Crippen LogP contribution in [0.5, 0.6) is 0 Å². The fourth-order valence-electron chi connectivity index (χ4n) is 2.19. The Balaban J connectivity index is 2.28. The minimum Gasteiger partial charge on any atom is -0.375 e. The zero-order valence-corrected chi connectivity index (χ0v) is 14.3. The zero-order valence-electron chi connectivity index (χ0n) is 14.3. The summed E-state index contributed by atoms with van der Waals surface area (Å²) in [6.07, 6.45) is 0.843. The number of carbonyl (C=O) groups excluding carboxylic acids is 2. The van der Waals surface area contributed by atoms with Crippen molar-refractivity contribution in [2.75, 3.05) is 44.7 Å². The Hall–Kier alpha value is -2.24. The number of rotatable bonds is 9. The predicted molar refractivity (Wildman–Crippen MR) is 93.7 cm³/mol. The van der Waals surface area contributed by atoms with Gasteiger partial charge in [-0.25, -0.2) is 4.79 Å². The molecule has 23 heavy (non-hydrogen) atoms. The van der Waals surface area contributed by atoms with Crippen LogP contribution in [0.15, 0.2) is 30.3 Å². The number of hydrogen-bond acceptors (Lipinski definition) is 3. The van der Waals surface area contributed by atoms with E-state index >= 15 is 0 Å². The second-order valence-electron chi connectivity index (χ2n) is 5.31. The number of hydrogen-bond donors (Lipinski definition) is 2. The molecule has 0 aliphatic rings. The number of amides is 3. The van der Waals surface area contributed by atoms with Gasteiger partial charge in [0.2, 0.25) is 5.91 Å². The van der Waals surface area contributed by atoms with Crippen LogP contribution in [0.4, 0.5) is 10.5 Å². The Kier molecular flexibility index (Phi) is 8.57. The molecule has 0 unspecified atom stereocenters. The van der Waals surface area contributed by atoms with Crippen LogP contribution in [0.1, 0.15) is 20.3 Å². The summed E-state index contributed by atoms with van der Waals surface area (Å²) in [6, 6.07) is 9.93. The van der Waals surface area contributed by atoms with Gasteiger partial charge in [0.25, 0.3) is 0 Å². The Morgan fingerprint density at radius 1 is 1.09 bits per heavy atom. The van der Waals surface area contributed by atoms with Crippen LogP contribution in [0.2, 0.25) is 0 Å². The first kappa shape index (κ1) is 18.8. The Bertz CT molecular complexity index is 479. The minimum absolute atomic E-state index is 0.0973. The molecule has 0 spiro atoms. The average Bonchev–Trinajstić information content (AvgIpc) is 2.57. The number of carbonyl (C=O) groups is 2. The van der Waals surface area contributed by atoms with E-state index in [-0.39, 0.29) is 18.5 Å². The molecule has 0 heterocycles. The van der Waals surface area contributed by atoms with Crippen LogP contribution in [-0.2, 0) is 4.79 Å². The van der Waals surface area contributed by atoms with Gasteiger partial charge in [0.05, 0.1) is 0 Å². The third-order valence-corrected chi connectivity index (χ3v) is 3.52. The number of benzene rings is 1. The minimum atomic E-state index is -0.193. The van der Waals surface area contributed by atoms with E-state index in [1.165, 1.54) is 4.90 Å². The van der Waals surface area contributed by atoms with Crippen molar-refractivity contribution < 1.29 is 9.59 Å². The summed E-state index contributed by atoms with van der Waals surface area (Å²) in [5, 5.41) is 5.57. The van der Waals surface area contributed by atoms with E-state index in [1.54, 1.807) is 0 Å². The lowest BCUT2D eigenvalue weighted by atomic mass is 10.3. The van der Waals surface area contributed by atoms with Gasteiger partial charge in [-0.1, -0.05) is 18.2 Å². The van der Waals surface area contributed by atoms with Crippen LogP contribution in [-0.4, -0.2) is 56.6 Å². The first-order valence-corrected chi connectivity index (χ1v) is 8.14. The normalized spacial score (nSPS) is 10.0. The monoisotopic (exact) mass is 320 g/mol. The number of nitrogens with one attached hydrogen (secondary N) is 2. The van der Waals surface area contributed by atoms with Crippen LogP contribution in [0.3, 0.4) is 0 Å². The standard InChI is InChI=1S/C17H28N4O2/c1-4-18-16(22)14-21(5-2)17(23)19-12-9-13-20(3)15-10-7-6-8-11-15/h6-8,10-11H,4-5,9,12-14H2,1-3H3,(H,18,22)(H,19,23). The molecule has 0 bridgehead atoms. The summed E-state index contributed by atoms with van der Waals surface area (Å²) in [6.45, 7) is 6.34. The highest BCUT2D eigenvalue weighted by atomic mass is 16.2. The van der Waals surface area contributed by atoms with Gasteiger partial charge in [-0.2, -0.15) is 0 Å². The molecule has 0 atom stereocenters. The van der Waals surface area contributed by atoms with Crippen LogP contribution >= 0.6 is 0 Å². The number of likely N-dealkylation sites (N-methyl/N-ethyl adjacent to an activating group) is 2. The topological polar surface area (TPSA) is 64.7 Å². The molecule has 0 aromatic heterocycles. The van der Waals surface area contributed by atoms with Crippen molar-refractivity contribution >= 4 is 17.6 Å². The molecule has 1 aromatic rings. The maximum absolute atomic E-state index is 12.0. The maximum atomic E-state index is 12.0. The number of nitrogens with zero attached hydrogens (tertiary/aromatic N) is 2. The molecule has 0 saturated heterocycles. The zero-order chi connectivity index (χ0) is 17.1. The SMILES string of the molecule is CCNC(=O)CN(CC)C(=O)NCCCN(C)c1ccccc1. The second kappa shape index (κ2) is 10.5. The van der Waals surface area contributed by atoms with Gasteiger partial charge in [-0.05, 0) is 32.4 Å². The molecule has 0 radical (unpaired) electrons. The van der Waals surface area contributed by atoms with E-state index in [1.807, 2.05) is 39.1 Å². The predicted octanol–water partition coefficient (Wildman–Crippen LogP) is 1.68. The highest BCUT2D eigenvalue weighted by Crippen LogP contribution is 2.10. The lowest BCUT2D eigenvalue weighted by Gasteiger charge is -2.22. The second-order valence-corrected chi connectivity index (χ2v) is 5.31. The summed E-state index contributed by atoms with van der Waals surface area (Å²) in [7, 11) is 2.03. The number of urea groups is 1. The molecule has 2 N–H and O–H groups in total. The van der Waals surface area contributed by atoms with Crippen LogP contribution in [0.25, 0.3) is 0 Å². The molecule has 128 valence electrons. The lowest BCUT2D eigenvalue weighted by Crippen LogP contribution is -2.45. The van der Waals surface area contributed by atoms with Crippen molar-refractivity contribution in [3.8, 4) is 0 Å². The summed E-state index contributed by atoms with van der Waals surface area (Å²) < 4.78 is 0. The molecule has 0 aliphatic carbocycles. The highest BCUT2D eigenvalue weighted by molar-refractivity contribution is 5.83. The van der Waals surface area contributed by atoms with Gasteiger partial charge >= 0.3 is 6.03 Å². The first-order chi connectivity index (χ1) is 11.1. The quantitative estimate of drug-likeness (QED) is 0.681. The van der Waals surface area contributed by atoms with Crippen molar-refractivity contribution in [2.24, 2.45) is 0 Å². The van der Waals surface area contributed by atoms with Gasteiger partial charge in [-0.3, -0.25) is 4.79 Å². The summed E-state index contributed by atoms with van der Waals surface area (Å²) in [5.41, 5.74) is 1.16. The van der Waals surface area contributed by atoms with E-state index in [9.17, 15) is 9.59 Å². The van der Waals surface area contributed by atoms with E-state index in [4.69, 9.17) is 0 Å². The highest BCUT2D eigenvalue weighted by Gasteiger charge is 2.14. The molecule has 0 saturated carbocycles. The Morgan fingerprint density at radius 2 is 1.78 bits per heavy atom. The van der Waals surface area contributed by atoms with Crippen LogP contribution < -0.4 is 15.5 Å². The molecular formula is C17H28N4O2. The number of anilines is 1. The van der Waals surface area contributed by atoms with E-state index in [0.29, 0.717) is 19.6 Å². The van der Waals surface area contributed by atoms with Crippen LogP contribution in [0, 0.1) is 0 Å². The van der Waals surface area contributed by atoms with Crippen molar-refractivity contribution in [3.63, 3.8) is 0 Å². The smallest absolute Gasteiger partial charge is 0.317 e. The van der Waals surface area contributed by atoms with Crippen molar-refractivity contribution in [1.82, 2.24) is 15.5 Å². The third kappa shape index (κ3) is 7.04. The lowest BCUT2D eigenvalue weighted by molar-refractivity contribution is -0.121. The maximum Gasteiger partial charge on any atom is 0.317 e. The molecule has 6 heteroatoms. The van der Waals surface area contributed by atoms with Gasteiger partial charge in [0.15, 0.2) is 0 Å². The fourth-order valence-corrected chi connectivity index (χ4v) is 2.19. The molecule has 6 nitrogen and oxygen atoms in total. The van der Waals surface area contributed by atoms with Crippen molar-refractivity contribution in [2.45, 2.75) is 20.3 Å². The first-order valence-electron chi connectivity index (χ1n) is 8.14. The van der Waals surface area contributed by atoms with Crippen molar-refractivity contribution in [1.29, 1.82) is 0 Å². The largest absolute Gasteiger partial charge is 0.375 e. The Labute approximate surface area is 138 Å². The van der Waals surface area contributed by atoms with Gasteiger partial charge < -0.3 is 20.4 Å². The fraction of sp³-hybridized carbons (Fsp3) is 0.529. The van der Waals surface area contributed by atoms with Crippen molar-refractivity contribution in [3.05, 3.63) is 30.3 Å². The molecule has 3 amide bonds. The van der Waals surface area contributed by atoms with E-state index < -0.39 is 0 Å². The molecule has 1 rings (SSSR count). The average molecular weight is 320 g/mol. The third-order valence-electron chi connectivity index (χ3n) is 3.52. The number of para-hydroxylation sites is 1. The summed E-state index contributed by atoms with van der Waals surface area (Å²) >= 11 is 0. The molecule has 1 aromatic carbocycles.